The summed E-state index contributed by atoms with van der Waals surface area (Å²) in [5.41, 5.74) is 1.58. The highest BCUT2D eigenvalue weighted by Gasteiger charge is 2.16. The highest BCUT2D eigenvalue weighted by Crippen LogP contribution is 2.25. The van der Waals surface area contributed by atoms with Crippen LogP contribution in [0.15, 0.2) is 18.2 Å². The van der Waals surface area contributed by atoms with Crippen molar-refractivity contribution in [3.05, 3.63) is 29.0 Å². The fourth-order valence-electron chi connectivity index (χ4n) is 1.91. The van der Waals surface area contributed by atoms with Crippen LogP contribution in [0.25, 0.3) is 11.0 Å². The number of para-hydroxylation sites is 1. The Morgan fingerprint density at radius 3 is 2.79 bits per heavy atom. The van der Waals surface area contributed by atoms with Gasteiger partial charge in [0.2, 0.25) is 5.91 Å². The highest BCUT2D eigenvalue weighted by atomic mass is 35.5. The molecule has 0 atom stereocenters. The lowest BCUT2D eigenvalue weighted by atomic mass is 10.3. The van der Waals surface area contributed by atoms with Crippen molar-refractivity contribution >= 4 is 40.1 Å². The molecule has 102 valence electrons. The summed E-state index contributed by atoms with van der Waals surface area (Å²) in [5, 5.41) is 0.595. The first-order chi connectivity index (χ1) is 9.04. The van der Waals surface area contributed by atoms with Crippen molar-refractivity contribution in [2.24, 2.45) is 0 Å². The number of aromatic nitrogens is 2. The molecule has 0 fully saturated rings. The highest BCUT2D eigenvalue weighted by molar-refractivity contribution is 6.35. The van der Waals surface area contributed by atoms with Crippen LogP contribution in [0.2, 0.25) is 5.02 Å². The maximum Gasteiger partial charge on any atom is 0.242 e. The third-order valence-corrected chi connectivity index (χ3v) is 3.40. The van der Waals surface area contributed by atoms with Crippen LogP contribution in [0.1, 0.15) is 5.82 Å². The van der Waals surface area contributed by atoms with Gasteiger partial charge in [-0.15, -0.1) is 11.6 Å². The molecule has 0 radical (unpaired) electrons. The van der Waals surface area contributed by atoms with E-state index in [2.05, 4.69) is 4.98 Å². The normalized spacial score (nSPS) is 10.9. The van der Waals surface area contributed by atoms with Crippen LogP contribution in [-0.4, -0.2) is 40.3 Å². The van der Waals surface area contributed by atoms with Gasteiger partial charge in [-0.1, -0.05) is 17.7 Å². The molecule has 19 heavy (non-hydrogen) atoms. The molecule has 0 aliphatic carbocycles. The lowest BCUT2D eigenvalue weighted by Gasteiger charge is -2.13. The second-order valence-corrected chi connectivity index (χ2v) is 5.23. The molecule has 4 nitrogen and oxygen atoms in total. The number of benzene rings is 1. The molecular weight excluding hydrogens is 285 g/mol. The first-order valence-electron chi connectivity index (χ1n) is 5.94. The van der Waals surface area contributed by atoms with Crippen molar-refractivity contribution in [2.45, 2.75) is 13.0 Å². The molecule has 1 aromatic heterocycles. The summed E-state index contributed by atoms with van der Waals surface area (Å²) in [6, 6.07) is 5.53. The molecule has 0 saturated heterocycles. The standard InChI is InChI=1S/C13H15Cl2N3O/c1-17(2)12(19)8-18-11(6-7-14)16-10-5-3-4-9(15)13(10)18/h3-5H,6-8H2,1-2H3. The average molecular weight is 300 g/mol. The summed E-state index contributed by atoms with van der Waals surface area (Å²) in [5.74, 6) is 1.24. The average Bonchev–Trinajstić information content (AvgIpc) is 2.69. The molecule has 0 saturated carbocycles. The Bertz CT molecular complexity index is 607. The molecule has 2 aromatic rings. The Labute approximate surface area is 121 Å². The second kappa shape index (κ2) is 5.80. The molecule has 0 N–H and O–H groups in total. The van der Waals surface area contributed by atoms with Crippen LogP contribution < -0.4 is 0 Å². The Kier molecular flexibility index (Phi) is 4.32. The number of rotatable bonds is 4. The molecule has 0 bridgehead atoms. The van der Waals surface area contributed by atoms with Gasteiger partial charge in [-0.3, -0.25) is 4.79 Å². The molecular formula is C13H15Cl2N3O. The van der Waals surface area contributed by atoms with Crippen molar-refractivity contribution in [1.29, 1.82) is 0 Å². The van der Waals surface area contributed by atoms with Gasteiger partial charge in [-0.25, -0.2) is 4.98 Å². The number of fused-ring (bicyclic) bond motifs is 1. The SMILES string of the molecule is CN(C)C(=O)Cn1c(CCCl)nc2cccc(Cl)c21. The van der Waals surface area contributed by atoms with Crippen LogP contribution in [0.5, 0.6) is 0 Å². The smallest absolute Gasteiger partial charge is 0.242 e. The van der Waals surface area contributed by atoms with E-state index in [1.165, 1.54) is 0 Å². The number of imidazole rings is 1. The summed E-state index contributed by atoms with van der Waals surface area (Å²) in [6.07, 6.45) is 0.604. The van der Waals surface area contributed by atoms with Crippen molar-refractivity contribution in [3.63, 3.8) is 0 Å². The van der Waals surface area contributed by atoms with Crippen LogP contribution in [-0.2, 0) is 17.8 Å². The molecule has 1 heterocycles. The topological polar surface area (TPSA) is 38.1 Å². The minimum absolute atomic E-state index is 0.00459. The number of aryl methyl sites for hydroxylation is 1. The van der Waals surface area contributed by atoms with Gasteiger partial charge in [0.15, 0.2) is 0 Å². The van der Waals surface area contributed by atoms with Crippen molar-refractivity contribution in [3.8, 4) is 0 Å². The van der Waals surface area contributed by atoms with Crippen LogP contribution in [0.4, 0.5) is 0 Å². The van der Waals surface area contributed by atoms with Gasteiger partial charge in [0, 0.05) is 26.4 Å². The molecule has 0 unspecified atom stereocenters. The van der Waals surface area contributed by atoms with E-state index in [-0.39, 0.29) is 12.5 Å². The molecule has 0 aliphatic rings. The predicted molar refractivity (Wildman–Crippen MR) is 77.9 cm³/mol. The van der Waals surface area contributed by atoms with E-state index in [4.69, 9.17) is 23.2 Å². The quantitative estimate of drug-likeness (QED) is 0.814. The van der Waals surface area contributed by atoms with E-state index in [1.807, 2.05) is 16.7 Å². The number of hydrogen-bond acceptors (Lipinski definition) is 2. The monoisotopic (exact) mass is 299 g/mol. The van der Waals surface area contributed by atoms with E-state index in [9.17, 15) is 4.79 Å². The van der Waals surface area contributed by atoms with Gasteiger partial charge >= 0.3 is 0 Å². The van der Waals surface area contributed by atoms with Crippen molar-refractivity contribution < 1.29 is 4.79 Å². The first-order valence-corrected chi connectivity index (χ1v) is 6.85. The number of alkyl halides is 1. The maximum absolute atomic E-state index is 11.9. The first kappa shape index (κ1) is 14.2. The van der Waals surface area contributed by atoms with Gasteiger partial charge in [-0.2, -0.15) is 0 Å². The number of carbonyl (C=O) groups excluding carboxylic acids is 1. The maximum atomic E-state index is 11.9. The van der Waals surface area contributed by atoms with Crippen LogP contribution in [0, 0.1) is 0 Å². The number of carbonyl (C=O) groups is 1. The zero-order valence-corrected chi connectivity index (χ0v) is 12.4. The Morgan fingerprint density at radius 1 is 1.42 bits per heavy atom. The summed E-state index contributed by atoms with van der Waals surface area (Å²) in [7, 11) is 3.45. The third kappa shape index (κ3) is 2.85. The lowest BCUT2D eigenvalue weighted by Crippen LogP contribution is -2.27. The minimum Gasteiger partial charge on any atom is -0.347 e. The zero-order valence-electron chi connectivity index (χ0n) is 10.9. The van der Waals surface area contributed by atoms with Gasteiger partial charge in [0.25, 0.3) is 0 Å². The Hall–Kier alpha value is -1.26. The molecule has 6 heteroatoms. The van der Waals surface area contributed by atoms with E-state index in [1.54, 1.807) is 25.1 Å². The summed E-state index contributed by atoms with van der Waals surface area (Å²) in [4.78, 5) is 18.0. The van der Waals surface area contributed by atoms with Gasteiger partial charge in [-0.05, 0) is 12.1 Å². The van der Waals surface area contributed by atoms with Gasteiger partial charge < -0.3 is 9.47 Å². The van der Waals surface area contributed by atoms with Crippen LogP contribution >= 0.6 is 23.2 Å². The lowest BCUT2D eigenvalue weighted by molar-refractivity contribution is -0.129. The summed E-state index contributed by atoms with van der Waals surface area (Å²) < 4.78 is 1.85. The summed E-state index contributed by atoms with van der Waals surface area (Å²) >= 11 is 12.0. The predicted octanol–water partition coefficient (Wildman–Crippen LogP) is 2.56. The fourth-order valence-corrected chi connectivity index (χ4v) is 2.35. The van der Waals surface area contributed by atoms with Gasteiger partial charge in [0.1, 0.15) is 12.4 Å². The largest absolute Gasteiger partial charge is 0.347 e. The number of halogens is 2. The fraction of sp³-hybridized carbons (Fsp3) is 0.385. The molecule has 1 aromatic carbocycles. The Morgan fingerprint density at radius 2 is 2.16 bits per heavy atom. The number of nitrogens with zero attached hydrogens (tertiary/aromatic N) is 3. The number of amides is 1. The second-order valence-electron chi connectivity index (χ2n) is 4.45. The van der Waals surface area contributed by atoms with Gasteiger partial charge in [0.05, 0.1) is 16.1 Å². The minimum atomic E-state index is -0.00459. The van der Waals surface area contributed by atoms with E-state index in [0.717, 1.165) is 16.9 Å². The summed E-state index contributed by atoms with van der Waals surface area (Å²) in [6.45, 7) is 0.222. The molecule has 1 amide bonds. The third-order valence-electron chi connectivity index (χ3n) is 2.91. The van der Waals surface area contributed by atoms with Crippen molar-refractivity contribution in [1.82, 2.24) is 14.5 Å². The van der Waals surface area contributed by atoms with E-state index in [0.29, 0.717) is 17.3 Å². The Balaban J connectivity index is 2.54. The zero-order chi connectivity index (χ0) is 14.0. The number of likely N-dealkylation sites (N-methyl/N-ethyl adjacent to an activating group) is 1. The molecule has 0 aliphatic heterocycles. The van der Waals surface area contributed by atoms with Crippen molar-refractivity contribution in [2.75, 3.05) is 20.0 Å². The molecule has 2 rings (SSSR count). The van der Waals surface area contributed by atoms with E-state index < -0.39 is 0 Å². The molecule has 0 spiro atoms. The van der Waals surface area contributed by atoms with Crippen LogP contribution in [0.3, 0.4) is 0 Å². The number of hydrogen-bond donors (Lipinski definition) is 0. The van der Waals surface area contributed by atoms with E-state index >= 15 is 0 Å².